The van der Waals surface area contributed by atoms with Gasteiger partial charge < -0.3 is 4.98 Å². The lowest BCUT2D eigenvalue weighted by Gasteiger charge is -2.35. The lowest BCUT2D eigenvalue weighted by atomic mass is 9.96. The third-order valence-corrected chi connectivity index (χ3v) is 6.22. The van der Waals surface area contributed by atoms with Crippen molar-refractivity contribution in [1.82, 2.24) is 9.88 Å². The summed E-state index contributed by atoms with van der Waals surface area (Å²) in [5.41, 5.74) is 5.91. The van der Waals surface area contributed by atoms with Crippen LogP contribution in [0, 0.1) is 0 Å². The molecule has 136 valence electrons. The summed E-state index contributed by atoms with van der Waals surface area (Å²) in [7, 11) is 0. The Hall–Kier alpha value is -1.77. The first-order valence-corrected chi connectivity index (χ1v) is 9.79. The minimum absolute atomic E-state index is 0. The minimum Gasteiger partial charge on any atom is -0.358 e. The molecular formula is C23H27ClN2. The van der Waals surface area contributed by atoms with Gasteiger partial charge in [0.05, 0.1) is 0 Å². The van der Waals surface area contributed by atoms with Gasteiger partial charge in [-0.2, -0.15) is 0 Å². The quantitative estimate of drug-likeness (QED) is 0.576. The molecule has 0 saturated carbocycles. The number of benzene rings is 2. The van der Waals surface area contributed by atoms with E-state index in [2.05, 4.69) is 64.5 Å². The summed E-state index contributed by atoms with van der Waals surface area (Å²) in [6, 6.07) is 21.2. The number of aromatic nitrogens is 1. The second-order valence-corrected chi connectivity index (χ2v) is 7.69. The zero-order valence-corrected chi connectivity index (χ0v) is 16.0. The van der Waals surface area contributed by atoms with Crippen molar-refractivity contribution < 1.29 is 0 Å². The second kappa shape index (κ2) is 7.46. The molecule has 2 nitrogen and oxygen atoms in total. The van der Waals surface area contributed by atoms with E-state index in [1.165, 1.54) is 67.2 Å². The van der Waals surface area contributed by atoms with E-state index in [4.69, 9.17) is 0 Å². The summed E-state index contributed by atoms with van der Waals surface area (Å²) < 4.78 is 0. The molecule has 1 saturated heterocycles. The topological polar surface area (TPSA) is 19.0 Å². The Balaban J connectivity index is 0.00000168. The summed E-state index contributed by atoms with van der Waals surface area (Å²) in [4.78, 5) is 6.51. The highest BCUT2D eigenvalue weighted by Gasteiger charge is 2.41. The molecule has 26 heavy (non-hydrogen) atoms. The van der Waals surface area contributed by atoms with E-state index < -0.39 is 0 Å². The molecular weight excluding hydrogens is 340 g/mol. The molecule has 2 unspecified atom stereocenters. The van der Waals surface area contributed by atoms with Crippen LogP contribution in [-0.4, -0.2) is 22.5 Å². The highest BCUT2D eigenvalue weighted by Crippen LogP contribution is 2.46. The Kier molecular flexibility index (Phi) is 5.06. The van der Waals surface area contributed by atoms with Crippen LogP contribution in [-0.2, 0) is 12.8 Å². The number of hydrogen-bond donors (Lipinski definition) is 1. The fraction of sp³-hybridized carbons (Fsp3) is 0.391. The van der Waals surface area contributed by atoms with Crippen molar-refractivity contribution in [3.8, 4) is 0 Å². The van der Waals surface area contributed by atoms with Gasteiger partial charge in [0.15, 0.2) is 0 Å². The van der Waals surface area contributed by atoms with E-state index in [-0.39, 0.29) is 12.4 Å². The predicted molar refractivity (Wildman–Crippen MR) is 111 cm³/mol. The van der Waals surface area contributed by atoms with Crippen LogP contribution in [0.3, 0.4) is 0 Å². The number of halogens is 1. The minimum atomic E-state index is 0. The smallest absolute Gasteiger partial charge is 0.0459 e. The van der Waals surface area contributed by atoms with Crippen LogP contribution in [0.15, 0.2) is 54.6 Å². The fourth-order valence-corrected chi connectivity index (χ4v) is 5.07. The molecule has 1 N–H and O–H groups in total. The first-order chi connectivity index (χ1) is 12.4. The SMILES string of the molecule is Cl.c1ccc(CCCCN2C3CCC2c2c([nH]c4ccccc24)C3)cc1. The van der Waals surface area contributed by atoms with E-state index in [1.54, 1.807) is 5.56 Å². The molecule has 5 rings (SSSR count). The van der Waals surface area contributed by atoms with E-state index in [0.717, 1.165) is 6.04 Å². The predicted octanol–water partition coefficient (Wildman–Crippen LogP) is 5.67. The number of fused-ring (bicyclic) bond motifs is 6. The summed E-state index contributed by atoms with van der Waals surface area (Å²) >= 11 is 0. The Morgan fingerprint density at radius 3 is 2.62 bits per heavy atom. The zero-order chi connectivity index (χ0) is 16.6. The third-order valence-electron chi connectivity index (χ3n) is 6.22. The Morgan fingerprint density at radius 2 is 1.73 bits per heavy atom. The molecule has 2 bridgehead atoms. The summed E-state index contributed by atoms with van der Waals surface area (Å²) in [6.45, 7) is 1.25. The monoisotopic (exact) mass is 366 g/mol. The van der Waals surface area contributed by atoms with Crippen molar-refractivity contribution in [2.75, 3.05) is 6.54 Å². The fourth-order valence-electron chi connectivity index (χ4n) is 5.07. The van der Waals surface area contributed by atoms with Gasteiger partial charge in [-0.15, -0.1) is 12.4 Å². The molecule has 2 atom stereocenters. The molecule has 2 aliphatic rings. The van der Waals surface area contributed by atoms with E-state index in [1.807, 2.05) is 0 Å². The van der Waals surface area contributed by atoms with Crippen molar-refractivity contribution in [3.63, 3.8) is 0 Å². The molecule has 3 heterocycles. The maximum absolute atomic E-state index is 3.70. The van der Waals surface area contributed by atoms with Gasteiger partial charge in [-0.1, -0.05) is 48.5 Å². The largest absolute Gasteiger partial charge is 0.358 e. The van der Waals surface area contributed by atoms with Gasteiger partial charge in [0.25, 0.3) is 0 Å². The van der Waals surface area contributed by atoms with Crippen LogP contribution < -0.4 is 0 Å². The number of rotatable bonds is 5. The lowest BCUT2D eigenvalue weighted by molar-refractivity contribution is 0.174. The van der Waals surface area contributed by atoms with Crippen LogP contribution in [0.4, 0.5) is 0 Å². The number of nitrogens with one attached hydrogen (secondary N) is 1. The number of para-hydroxylation sites is 1. The van der Waals surface area contributed by atoms with Gasteiger partial charge in [-0.05, 0) is 55.8 Å². The van der Waals surface area contributed by atoms with Gasteiger partial charge in [0, 0.05) is 35.1 Å². The van der Waals surface area contributed by atoms with Crippen LogP contribution in [0.25, 0.3) is 10.9 Å². The van der Waals surface area contributed by atoms with E-state index in [0.29, 0.717) is 6.04 Å². The van der Waals surface area contributed by atoms with E-state index in [9.17, 15) is 0 Å². The van der Waals surface area contributed by atoms with Gasteiger partial charge in [0.2, 0.25) is 0 Å². The van der Waals surface area contributed by atoms with Crippen LogP contribution in [0.5, 0.6) is 0 Å². The van der Waals surface area contributed by atoms with Crippen LogP contribution in [0.1, 0.15) is 48.5 Å². The molecule has 1 aromatic heterocycles. The first-order valence-electron chi connectivity index (χ1n) is 9.79. The molecule has 0 spiro atoms. The van der Waals surface area contributed by atoms with Gasteiger partial charge in [-0.25, -0.2) is 0 Å². The number of hydrogen-bond acceptors (Lipinski definition) is 1. The summed E-state index contributed by atoms with van der Waals surface area (Å²) in [5, 5.41) is 1.46. The highest BCUT2D eigenvalue weighted by molar-refractivity contribution is 5.86. The standard InChI is InChI=1S/C23H26N2.ClH/c1-2-8-17(9-3-1)10-6-7-15-25-18-13-14-22(25)23-19-11-4-5-12-20(19)24-21(23)16-18;/h1-5,8-9,11-12,18,22,24H,6-7,10,13-16H2;1H. The van der Waals surface area contributed by atoms with Gasteiger partial charge >= 0.3 is 0 Å². The van der Waals surface area contributed by atoms with Crippen LogP contribution >= 0.6 is 12.4 Å². The number of unbranched alkanes of at least 4 members (excludes halogenated alkanes) is 1. The lowest BCUT2D eigenvalue weighted by Crippen LogP contribution is -2.37. The van der Waals surface area contributed by atoms with Crippen molar-refractivity contribution in [2.24, 2.45) is 0 Å². The first kappa shape index (κ1) is 17.6. The molecule has 1 fully saturated rings. The number of aryl methyl sites for hydroxylation is 1. The number of aromatic amines is 1. The number of H-pyrrole nitrogens is 1. The normalized spacial score (nSPS) is 21.5. The van der Waals surface area contributed by atoms with E-state index >= 15 is 0 Å². The molecule has 0 amide bonds. The molecule has 3 heteroatoms. The second-order valence-electron chi connectivity index (χ2n) is 7.69. The Bertz CT molecular complexity index is 870. The van der Waals surface area contributed by atoms with Gasteiger partial charge in [0.1, 0.15) is 0 Å². The van der Waals surface area contributed by atoms with Gasteiger partial charge in [-0.3, -0.25) is 4.90 Å². The Morgan fingerprint density at radius 1 is 0.923 bits per heavy atom. The van der Waals surface area contributed by atoms with Crippen molar-refractivity contribution in [1.29, 1.82) is 0 Å². The average molecular weight is 367 g/mol. The molecule has 0 aliphatic carbocycles. The highest BCUT2D eigenvalue weighted by atomic mass is 35.5. The summed E-state index contributed by atoms with van der Waals surface area (Å²) in [6.07, 6.45) is 7.71. The zero-order valence-electron chi connectivity index (χ0n) is 15.2. The maximum Gasteiger partial charge on any atom is 0.0459 e. The molecule has 3 aromatic rings. The summed E-state index contributed by atoms with van der Waals surface area (Å²) in [5.74, 6) is 0. The molecule has 0 radical (unpaired) electrons. The maximum atomic E-state index is 3.70. The van der Waals surface area contributed by atoms with Crippen molar-refractivity contribution in [2.45, 2.75) is 50.6 Å². The number of nitrogens with zero attached hydrogens (tertiary/aromatic N) is 1. The van der Waals surface area contributed by atoms with Crippen molar-refractivity contribution >= 4 is 23.3 Å². The van der Waals surface area contributed by atoms with Crippen molar-refractivity contribution in [3.05, 3.63) is 71.4 Å². The average Bonchev–Trinajstić information content (AvgIpc) is 3.16. The van der Waals surface area contributed by atoms with Crippen LogP contribution in [0.2, 0.25) is 0 Å². The molecule has 2 aromatic carbocycles. The Labute approximate surface area is 162 Å². The molecule has 2 aliphatic heterocycles. The third kappa shape index (κ3) is 3.06.